The first-order valence-electron chi connectivity index (χ1n) is 7.08. The quantitative estimate of drug-likeness (QED) is 0.809. The molecule has 1 amide bonds. The van der Waals surface area contributed by atoms with Crippen LogP contribution in [0.3, 0.4) is 0 Å². The number of piperidine rings is 1. The highest BCUT2D eigenvalue weighted by Gasteiger charge is 2.35. The van der Waals surface area contributed by atoms with Crippen molar-refractivity contribution in [1.82, 2.24) is 14.8 Å². The van der Waals surface area contributed by atoms with Crippen molar-refractivity contribution >= 4 is 21.7 Å². The van der Waals surface area contributed by atoms with Crippen LogP contribution in [0.4, 0.5) is 19.0 Å². The van der Waals surface area contributed by atoms with E-state index in [0.29, 0.717) is 0 Å². The molecule has 3 N–H and O–H groups in total. The van der Waals surface area contributed by atoms with Crippen molar-refractivity contribution in [1.29, 1.82) is 0 Å². The van der Waals surface area contributed by atoms with Gasteiger partial charge in [-0.1, -0.05) is 5.16 Å². The van der Waals surface area contributed by atoms with Gasteiger partial charge in [0, 0.05) is 19.1 Å². The van der Waals surface area contributed by atoms with E-state index in [4.69, 9.17) is 10.3 Å². The summed E-state index contributed by atoms with van der Waals surface area (Å²) >= 11 is 0. The molecule has 1 aromatic heterocycles. The van der Waals surface area contributed by atoms with Crippen LogP contribution in [0.15, 0.2) is 9.42 Å². The number of hydrogen-bond acceptors (Lipinski definition) is 6. The number of nitrogens with one attached hydrogen (secondary N) is 1. The summed E-state index contributed by atoms with van der Waals surface area (Å²) in [5.74, 6) is -1.24. The van der Waals surface area contributed by atoms with Gasteiger partial charge in [-0.25, -0.2) is 13.1 Å². The first kappa shape index (κ1) is 18.5. The van der Waals surface area contributed by atoms with Crippen LogP contribution in [-0.2, 0) is 14.8 Å². The number of alkyl halides is 3. The monoisotopic (exact) mass is 370 g/mol. The van der Waals surface area contributed by atoms with Crippen molar-refractivity contribution in [2.24, 2.45) is 0 Å². The molecule has 136 valence electrons. The lowest BCUT2D eigenvalue weighted by Crippen LogP contribution is -2.47. The minimum Gasteiger partial charge on any atom is -0.380 e. The molecule has 2 heterocycles. The van der Waals surface area contributed by atoms with Gasteiger partial charge in [-0.15, -0.1) is 0 Å². The van der Waals surface area contributed by atoms with Gasteiger partial charge in [0.05, 0.1) is 0 Å². The Hall–Kier alpha value is -1.82. The van der Waals surface area contributed by atoms with E-state index in [0.717, 1.165) is 4.90 Å². The Labute approximate surface area is 136 Å². The number of hydrogen-bond donors (Lipinski definition) is 2. The summed E-state index contributed by atoms with van der Waals surface area (Å²) in [5.41, 5.74) is 5.47. The molecule has 0 radical (unpaired) electrons. The molecule has 1 aliphatic heterocycles. The van der Waals surface area contributed by atoms with E-state index in [9.17, 15) is 26.4 Å². The molecule has 0 spiro atoms. The largest absolute Gasteiger partial charge is 0.397 e. The first-order chi connectivity index (χ1) is 11.0. The molecular weight excluding hydrogens is 353 g/mol. The summed E-state index contributed by atoms with van der Waals surface area (Å²) in [6.07, 6.45) is -5.67. The van der Waals surface area contributed by atoms with Gasteiger partial charge < -0.3 is 15.2 Å². The molecule has 0 aliphatic carbocycles. The SMILES string of the molecule is Cc1onc(N)c1S(=O)(=O)NC1CCN(C(=O)CC(F)(F)F)CC1. The second-order valence-electron chi connectivity index (χ2n) is 5.52. The Balaban J connectivity index is 1.95. The zero-order valence-electron chi connectivity index (χ0n) is 12.8. The number of aromatic nitrogens is 1. The van der Waals surface area contributed by atoms with Crippen LogP contribution >= 0.6 is 0 Å². The maximum absolute atomic E-state index is 12.3. The average molecular weight is 370 g/mol. The van der Waals surface area contributed by atoms with Crippen LogP contribution in [0.1, 0.15) is 25.0 Å². The number of likely N-dealkylation sites (tertiary alicyclic amines) is 1. The number of rotatable bonds is 4. The van der Waals surface area contributed by atoms with Crippen LogP contribution in [-0.4, -0.2) is 49.7 Å². The summed E-state index contributed by atoms with van der Waals surface area (Å²) in [6.45, 7) is 1.48. The Kier molecular flexibility index (Phi) is 5.08. The van der Waals surface area contributed by atoms with Gasteiger partial charge in [0.15, 0.2) is 16.5 Å². The lowest BCUT2D eigenvalue weighted by Gasteiger charge is -2.32. The molecule has 0 bridgehead atoms. The van der Waals surface area contributed by atoms with Gasteiger partial charge in [-0.2, -0.15) is 13.2 Å². The van der Waals surface area contributed by atoms with E-state index in [-0.39, 0.29) is 42.4 Å². The third-order valence-electron chi connectivity index (χ3n) is 3.62. The zero-order chi connectivity index (χ0) is 18.1. The lowest BCUT2D eigenvalue weighted by molar-refractivity contribution is -0.162. The van der Waals surface area contributed by atoms with Gasteiger partial charge in [-0.3, -0.25) is 4.79 Å². The van der Waals surface area contributed by atoms with Crippen LogP contribution < -0.4 is 10.5 Å². The van der Waals surface area contributed by atoms with Crippen LogP contribution in [0, 0.1) is 6.92 Å². The molecule has 0 atom stereocenters. The summed E-state index contributed by atoms with van der Waals surface area (Å²) in [7, 11) is -3.96. The standard InChI is InChI=1S/C12H17F3N4O4S/c1-7-10(11(16)17-23-7)24(21,22)18-8-2-4-19(5-3-8)9(20)6-12(13,14)15/h8,18H,2-6H2,1H3,(H2,16,17). The van der Waals surface area contributed by atoms with Gasteiger partial charge in [0.1, 0.15) is 6.42 Å². The molecule has 1 aliphatic rings. The van der Waals surface area contributed by atoms with Crippen molar-refractivity contribution < 1.29 is 30.9 Å². The van der Waals surface area contributed by atoms with Crippen molar-refractivity contribution in [3.05, 3.63) is 5.76 Å². The van der Waals surface area contributed by atoms with Crippen LogP contribution in [0.5, 0.6) is 0 Å². The van der Waals surface area contributed by atoms with Crippen molar-refractivity contribution in [2.45, 2.75) is 43.3 Å². The number of nitrogens with two attached hydrogens (primary N) is 1. The lowest BCUT2D eigenvalue weighted by atomic mass is 10.1. The summed E-state index contributed by atoms with van der Waals surface area (Å²) in [6, 6.07) is -0.515. The molecule has 1 fully saturated rings. The number of nitrogen functional groups attached to an aromatic ring is 1. The second-order valence-corrected chi connectivity index (χ2v) is 7.17. The molecular formula is C12H17F3N4O4S. The predicted molar refractivity (Wildman–Crippen MR) is 76.2 cm³/mol. The molecule has 1 saturated heterocycles. The van der Waals surface area contributed by atoms with Gasteiger partial charge in [-0.05, 0) is 19.8 Å². The fourth-order valence-electron chi connectivity index (χ4n) is 2.52. The van der Waals surface area contributed by atoms with E-state index < -0.39 is 34.6 Å². The summed E-state index contributed by atoms with van der Waals surface area (Å²) in [4.78, 5) is 12.3. The molecule has 0 unspecified atom stereocenters. The molecule has 2 rings (SSSR count). The number of anilines is 1. The third kappa shape index (κ3) is 4.38. The van der Waals surface area contributed by atoms with Gasteiger partial charge >= 0.3 is 6.18 Å². The molecule has 0 saturated carbocycles. The van der Waals surface area contributed by atoms with Crippen molar-refractivity contribution in [3.63, 3.8) is 0 Å². The number of aryl methyl sites for hydroxylation is 1. The molecule has 1 aromatic rings. The summed E-state index contributed by atoms with van der Waals surface area (Å²) < 4.78 is 68.4. The van der Waals surface area contributed by atoms with E-state index >= 15 is 0 Å². The van der Waals surface area contributed by atoms with Gasteiger partial charge in [0.25, 0.3) is 0 Å². The Morgan fingerprint density at radius 2 is 2.00 bits per heavy atom. The first-order valence-corrected chi connectivity index (χ1v) is 8.56. The summed E-state index contributed by atoms with van der Waals surface area (Å²) in [5, 5.41) is 3.37. The maximum atomic E-state index is 12.3. The Morgan fingerprint density at radius 3 is 2.46 bits per heavy atom. The van der Waals surface area contributed by atoms with E-state index in [1.54, 1.807) is 0 Å². The highest BCUT2D eigenvalue weighted by atomic mass is 32.2. The minimum atomic E-state index is -4.56. The van der Waals surface area contributed by atoms with Gasteiger partial charge in [0.2, 0.25) is 15.9 Å². The minimum absolute atomic E-state index is 0.0396. The molecule has 12 heteroatoms. The second kappa shape index (κ2) is 6.59. The Bertz CT molecular complexity index is 689. The van der Waals surface area contributed by atoms with E-state index in [1.807, 2.05) is 0 Å². The number of nitrogens with zero attached hydrogens (tertiary/aromatic N) is 2. The number of halogens is 3. The Morgan fingerprint density at radius 1 is 1.42 bits per heavy atom. The highest BCUT2D eigenvalue weighted by molar-refractivity contribution is 7.89. The normalized spacial score (nSPS) is 17.2. The topological polar surface area (TPSA) is 119 Å². The van der Waals surface area contributed by atoms with Crippen LogP contribution in [0.2, 0.25) is 0 Å². The van der Waals surface area contributed by atoms with Crippen molar-refractivity contribution in [3.8, 4) is 0 Å². The number of carbonyl (C=O) groups excluding carboxylic acids is 1. The number of carbonyl (C=O) groups is 1. The third-order valence-corrected chi connectivity index (χ3v) is 5.30. The van der Waals surface area contributed by atoms with Crippen LogP contribution in [0.25, 0.3) is 0 Å². The smallest absolute Gasteiger partial charge is 0.380 e. The maximum Gasteiger partial charge on any atom is 0.397 e. The molecule has 8 nitrogen and oxygen atoms in total. The average Bonchev–Trinajstić information content (AvgIpc) is 2.77. The zero-order valence-corrected chi connectivity index (χ0v) is 13.6. The number of amides is 1. The van der Waals surface area contributed by atoms with Crippen molar-refractivity contribution in [2.75, 3.05) is 18.8 Å². The predicted octanol–water partition coefficient (Wildman–Crippen LogP) is 0.787. The fraction of sp³-hybridized carbons (Fsp3) is 0.667. The number of sulfonamides is 1. The van der Waals surface area contributed by atoms with E-state index in [1.165, 1.54) is 6.92 Å². The fourth-order valence-corrected chi connectivity index (χ4v) is 4.04. The van der Waals surface area contributed by atoms with E-state index in [2.05, 4.69) is 9.88 Å². The molecule has 0 aromatic carbocycles. The highest BCUT2D eigenvalue weighted by Crippen LogP contribution is 2.24. The molecule has 24 heavy (non-hydrogen) atoms.